The zero-order chi connectivity index (χ0) is 31.3. The summed E-state index contributed by atoms with van der Waals surface area (Å²) in [5.74, 6) is -0.140. The van der Waals surface area contributed by atoms with Crippen LogP contribution in [0.4, 0.5) is 0 Å². The molecule has 0 bridgehead atoms. The van der Waals surface area contributed by atoms with Gasteiger partial charge in [0.2, 0.25) is 0 Å². The van der Waals surface area contributed by atoms with Crippen molar-refractivity contribution in [1.29, 1.82) is 0 Å². The Hall–Kier alpha value is -2.22. The lowest BCUT2D eigenvalue weighted by atomic mass is 10.0. The predicted molar refractivity (Wildman–Crippen MR) is 171 cm³/mol. The second-order valence-electron chi connectivity index (χ2n) is 11.3. The lowest BCUT2D eigenvalue weighted by Crippen LogP contribution is -2.29. The summed E-state index contributed by atoms with van der Waals surface area (Å²) in [6.07, 6.45) is 26.5. The highest BCUT2D eigenvalue weighted by Crippen LogP contribution is 2.13. The van der Waals surface area contributed by atoms with Crippen molar-refractivity contribution in [2.75, 3.05) is 13.2 Å². The van der Waals surface area contributed by atoms with Gasteiger partial charge in [-0.05, 0) is 57.3 Å². The van der Waals surface area contributed by atoms with Gasteiger partial charge < -0.3 is 24.8 Å². The number of aliphatic hydroxyl groups excluding tert-OH is 3. The number of hydrogen-bond donors (Lipinski definition) is 3. The molecule has 0 saturated heterocycles. The number of allylic oxidation sites excluding steroid dienone is 7. The van der Waals surface area contributed by atoms with Crippen LogP contribution < -0.4 is 0 Å². The van der Waals surface area contributed by atoms with Crippen molar-refractivity contribution in [3.8, 4) is 0 Å². The molecule has 0 saturated carbocycles. The number of rotatable bonds is 27. The van der Waals surface area contributed by atoms with Crippen molar-refractivity contribution >= 4 is 11.9 Å². The van der Waals surface area contributed by atoms with Crippen LogP contribution in [0.5, 0.6) is 0 Å². The maximum Gasteiger partial charge on any atom is 0.306 e. The molecule has 7 heteroatoms. The van der Waals surface area contributed by atoms with E-state index in [1.807, 2.05) is 12.2 Å². The predicted octanol–water partition coefficient (Wildman–Crippen LogP) is 7.30. The molecule has 0 aromatic rings. The standard InChI is InChI=1S/C35H60O7/c1-4-5-6-7-8-9-10-11-12-13-17-20-24-32(37)33(38)25-22-27-35(40)42-31(28-36)29-41-34(39)26-21-18-15-14-16-19-23-30(2)3/h5-6,8-9,11-12,17,20,30-33,36-38H,4,7,10,13-16,18-19,21-29H2,1-3H3/b6-5-,9-8-,12-11-,20-17-/t31-,32+,33+/m0/s1. The summed E-state index contributed by atoms with van der Waals surface area (Å²) in [4.78, 5) is 24.1. The number of hydrogen-bond acceptors (Lipinski definition) is 7. The van der Waals surface area contributed by atoms with Gasteiger partial charge in [-0.2, -0.15) is 0 Å². The van der Waals surface area contributed by atoms with E-state index < -0.39 is 30.9 Å². The van der Waals surface area contributed by atoms with Gasteiger partial charge in [0.25, 0.3) is 0 Å². The maximum absolute atomic E-state index is 12.1. The second-order valence-corrected chi connectivity index (χ2v) is 11.3. The number of ether oxygens (including phenoxy) is 2. The van der Waals surface area contributed by atoms with E-state index in [9.17, 15) is 24.9 Å². The van der Waals surface area contributed by atoms with Crippen molar-refractivity contribution in [1.82, 2.24) is 0 Å². The van der Waals surface area contributed by atoms with Crippen LogP contribution in [-0.4, -0.2) is 58.8 Å². The minimum absolute atomic E-state index is 0.0371. The van der Waals surface area contributed by atoms with Gasteiger partial charge in [-0.1, -0.05) is 108 Å². The molecule has 0 spiro atoms. The van der Waals surface area contributed by atoms with E-state index in [-0.39, 0.29) is 25.4 Å². The van der Waals surface area contributed by atoms with Gasteiger partial charge in [-0.15, -0.1) is 0 Å². The second kappa shape index (κ2) is 28.9. The van der Waals surface area contributed by atoms with Crippen LogP contribution in [0.25, 0.3) is 0 Å². The van der Waals surface area contributed by atoms with Gasteiger partial charge in [-0.3, -0.25) is 9.59 Å². The highest BCUT2D eigenvalue weighted by atomic mass is 16.6. The van der Waals surface area contributed by atoms with Gasteiger partial charge in [0.15, 0.2) is 6.10 Å². The molecule has 0 heterocycles. The first-order chi connectivity index (χ1) is 20.3. The fourth-order valence-corrected chi connectivity index (χ4v) is 4.18. The van der Waals surface area contributed by atoms with Crippen molar-refractivity contribution in [3.05, 3.63) is 48.6 Å². The summed E-state index contributed by atoms with van der Waals surface area (Å²) < 4.78 is 10.4. The van der Waals surface area contributed by atoms with Crippen LogP contribution in [0.2, 0.25) is 0 Å². The highest BCUT2D eigenvalue weighted by Gasteiger charge is 2.18. The molecule has 242 valence electrons. The summed E-state index contributed by atoms with van der Waals surface area (Å²) in [7, 11) is 0. The molecule has 0 aromatic carbocycles. The normalized spacial score (nSPS) is 14.5. The van der Waals surface area contributed by atoms with Gasteiger partial charge >= 0.3 is 11.9 Å². The highest BCUT2D eigenvalue weighted by molar-refractivity contribution is 5.70. The van der Waals surface area contributed by atoms with Gasteiger partial charge in [0.1, 0.15) is 6.61 Å². The molecule has 0 aliphatic carbocycles. The zero-order valence-electron chi connectivity index (χ0n) is 26.6. The molecule has 7 nitrogen and oxygen atoms in total. The van der Waals surface area contributed by atoms with Crippen molar-refractivity contribution < 1.29 is 34.4 Å². The fraction of sp³-hybridized carbons (Fsp3) is 0.714. The smallest absolute Gasteiger partial charge is 0.306 e. The first kappa shape index (κ1) is 39.8. The Labute approximate surface area is 255 Å². The summed E-state index contributed by atoms with van der Waals surface area (Å²) in [6.45, 7) is 5.98. The minimum atomic E-state index is -0.945. The fourth-order valence-electron chi connectivity index (χ4n) is 4.18. The number of esters is 2. The summed E-state index contributed by atoms with van der Waals surface area (Å²) in [5, 5.41) is 29.8. The summed E-state index contributed by atoms with van der Waals surface area (Å²) >= 11 is 0. The van der Waals surface area contributed by atoms with E-state index in [0.717, 1.165) is 50.9 Å². The maximum atomic E-state index is 12.1. The Kier molecular flexibility index (Phi) is 27.4. The monoisotopic (exact) mass is 592 g/mol. The van der Waals surface area contributed by atoms with Crippen LogP contribution in [-0.2, 0) is 19.1 Å². The number of carbonyl (C=O) groups is 2. The Balaban J connectivity index is 3.94. The molecular formula is C35H60O7. The van der Waals surface area contributed by atoms with E-state index >= 15 is 0 Å². The average molecular weight is 593 g/mol. The first-order valence-corrected chi connectivity index (χ1v) is 16.2. The number of carbonyl (C=O) groups excluding carboxylic acids is 2. The summed E-state index contributed by atoms with van der Waals surface area (Å²) in [5.41, 5.74) is 0. The minimum Gasteiger partial charge on any atom is -0.462 e. The quantitative estimate of drug-likeness (QED) is 0.0521. The third kappa shape index (κ3) is 26.7. The lowest BCUT2D eigenvalue weighted by Gasteiger charge is -2.17. The summed E-state index contributed by atoms with van der Waals surface area (Å²) in [6, 6.07) is 0. The largest absolute Gasteiger partial charge is 0.462 e. The Morgan fingerprint density at radius 3 is 1.81 bits per heavy atom. The van der Waals surface area contributed by atoms with E-state index in [2.05, 4.69) is 57.2 Å². The van der Waals surface area contributed by atoms with Crippen LogP contribution in [0.1, 0.15) is 124 Å². The Morgan fingerprint density at radius 1 is 0.667 bits per heavy atom. The van der Waals surface area contributed by atoms with E-state index in [4.69, 9.17) is 9.47 Å². The van der Waals surface area contributed by atoms with Crippen LogP contribution >= 0.6 is 0 Å². The molecule has 0 unspecified atom stereocenters. The van der Waals surface area contributed by atoms with Crippen molar-refractivity contribution in [2.24, 2.45) is 5.92 Å². The van der Waals surface area contributed by atoms with E-state index in [0.29, 0.717) is 19.3 Å². The molecule has 0 radical (unpaired) electrons. The third-order valence-corrected chi connectivity index (χ3v) is 6.77. The molecule has 0 aromatic heterocycles. The van der Waals surface area contributed by atoms with Crippen LogP contribution in [0, 0.1) is 5.92 Å². The molecule has 42 heavy (non-hydrogen) atoms. The zero-order valence-corrected chi connectivity index (χ0v) is 26.6. The molecular weight excluding hydrogens is 532 g/mol. The number of aliphatic hydroxyl groups is 3. The van der Waals surface area contributed by atoms with E-state index in [1.54, 1.807) is 0 Å². The molecule has 0 fully saturated rings. The van der Waals surface area contributed by atoms with Gasteiger partial charge in [0, 0.05) is 12.8 Å². The van der Waals surface area contributed by atoms with Crippen LogP contribution in [0.3, 0.4) is 0 Å². The van der Waals surface area contributed by atoms with Gasteiger partial charge in [0.05, 0.1) is 18.8 Å². The Morgan fingerprint density at radius 2 is 1.21 bits per heavy atom. The first-order valence-electron chi connectivity index (χ1n) is 16.2. The molecule has 3 atom stereocenters. The average Bonchev–Trinajstić information content (AvgIpc) is 2.96. The molecule has 0 aliphatic rings. The molecule has 0 aliphatic heterocycles. The Bertz CT molecular complexity index is 769. The van der Waals surface area contributed by atoms with E-state index in [1.165, 1.54) is 25.7 Å². The SMILES string of the molecule is CC/C=C\C/C=C\C/C=C\C/C=C\C[C@@H](O)[C@H](O)CCCC(=O)O[C@@H](CO)COC(=O)CCCCCCCCC(C)C. The molecule has 0 amide bonds. The van der Waals surface area contributed by atoms with Crippen molar-refractivity contribution in [2.45, 2.75) is 142 Å². The third-order valence-electron chi connectivity index (χ3n) is 6.77. The van der Waals surface area contributed by atoms with Gasteiger partial charge in [-0.25, -0.2) is 0 Å². The molecule has 3 N–H and O–H groups in total. The van der Waals surface area contributed by atoms with Crippen molar-refractivity contribution in [3.63, 3.8) is 0 Å². The molecule has 0 rings (SSSR count). The van der Waals surface area contributed by atoms with Crippen LogP contribution in [0.15, 0.2) is 48.6 Å². The lowest BCUT2D eigenvalue weighted by molar-refractivity contribution is -0.161. The topological polar surface area (TPSA) is 113 Å². The number of unbranched alkanes of at least 4 members (excludes halogenated alkanes) is 5.